The van der Waals surface area contributed by atoms with E-state index < -0.39 is 28.5 Å². The maximum absolute atomic E-state index is 12.8. The number of halogens is 3. The lowest BCUT2D eigenvalue weighted by molar-refractivity contribution is -0.384. The molecule has 12 heteroatoms. The molecule has 1 N–H and O–H groups in total. The van der Waals surface area contributed by atoms with E-state index >= 15 is 0 Å². The number of benzene rings is 2. The number of carbonyl (C=O) groups is 2. The van der Waals surface area contributed by atoms with Crippen LogP contribution in [0.2, 0.25) is 0 Å². The Labute approximate surface area is 190 Å². The van der Waals surface area contributed by atoms with Crippen LogP contribution in [0.5, 0.6) is 11.5 Å². The molecule has 1 saturated heterocycles. The molecule has 1 fully saturated rings. The first-order valence-electron chi connectivity index (χ1n) is 9.14. The van der Waals surface area contributed by atoms with Crippen LogP contribution in [0, 0.1) is 10.1 Å². The number of rotatable bonds is 6. The monoisotopic (exact) mass is 477 g/mol. The van der Waals surface area contributed by atoms with Gasteiger partial charge in [0.2, 0.25) is 0 Å². The average molecular weight is 477 g/mol. The van der Waals surface area contributed by atoms with E-state index in [1.54, 1.807) is 0 Å². The van der Waals surface area contributed by atoms with Gasteiger partial charge in [0.15, 0.2) is 5.11 Å². The fraction of sp³-hybridized carbons (Fsp3) is 0.0952. The number of nitrogens with zero attached hydrogens (tertiary/aromatic N) is 2. The number of nitro groups is 1. The standard InChI is InChI=1S/C21H14F3N3O5S/c1-2-9-26-19(29)16(18(28)25-20(26)33)11-12-10-14(27(30)31)5-8-17(12)32-15-6-3-13(4-7-15)21(22,23)24/h2-8,10-11H,1,9H2,(H,25,28,33)/b16-11+. The summed E-state index contributed by atoms with van der Waals surface area (Å²) >= 11 is 4.97. The second kappa shape index (κ2) is 9.20. The largest absolute Gasteiger partial charge is 0.457 e. The van der Waals surface area contributed by atoms with Crippen molar-refractivity contribution < 1.29 is 32.4 Å². The summed E-state index contributed by atoms with van der Waals surface area (Å²) in [6.07, 6.45) is -2.05. The molecule has 2 aromatic rings. The first-order valence-corrected chi connectivity index (χ1v) is 9.55. The Morgan fingerprint density at radius 2 is 1.85 bits per heavy atom. The number of carbonyl (C=O) groups excluding carboxylic acids is 2. The predicted octanol–water partition coefficient (Wildman–Crippen LogP) is 4.22. The van der Waals surface area contributed by atoms with E-state index in [9.17, 15) is 32.9 Å². The second-order valence-corrected chi connectivity index (χ2v) is 7.01. The van der Waals surface area contributed by atoms with Crippen LogP contribution in [-0.2, 0) is 15.8 Å². The van der Waals surface area contributed by atoms with Crippen LogP contribution in [0.3, 0.4) is 0 Å². The quantitative estimate of drug-likeness (QED) is 0.167. The minimum Gasteiger partial charge on any atom is -0.457 e. The van der Waals surface area contributed by atoms with Crippen molar-refractivity contribution >= 4 is 40.9 Å². The van der Waals surface area contributed by atoms with Gasteiger partial charge in [0, 0.05) is 24.2 Å². The van der Waals surface area contributed by atoms with Gasteiger partial charge in [-0.2, -0.15) is 13.2 Å². The molecule has 0 saturated carbocycles. The highest BCUT2D eigenvalue weighted by Crippen LogP contribution is 2.34. The molecule has 2 amide bonds. The Kier molecular flexibility index (Phi) is 6.58. The molecule has 0 atom stereocenters. The van der Waals surface area contributed by atoms with Crippen LogP contribution in [0.15, 0.2) is 60.7 Å². The van der Waals surface area contributed by atoms with Crippen LogP contribution < -0.4 is 10.1 Å². The third-order valence-corrected chi connectivity index (χ3v) is 4.73. The van der Waals surface area contributed by atoms with Crippen molar-refractivity contribution in [1.29, 1.82) is 0 Å². The number of alkyl halides is 3. The van der Waals surface area contributed by atoms with Gasteiger partial charge in [-0.25, -0.2) is 0 Å². The summed E-state index contributed by atoms with van der Waals surface area (Å²) in [6, 6.07) is 7.16. The van der Waals surface area contributed by atoms with Crippen LogP contribution >= 0.6 is 12.2 Å². The number of thiocarbonyl (C=S) groups is 1. The highest BCUT2D eigenvalue weighted by molar-refractivity contribution is 7.80. The maximum atomic E-state index is 12.8. The minimum absolute atomic E-state index is 0.00499. The molecule has 0 aliphatic carbocycles. The summed E-state index contributed by atoms with van der Waals surface area (Å²) < 4.78 is 43.9. The number of nitrogens with one attached hydrogen (secondary N) is 1. The summed E-state index contributed by atoms with van der Waals surface area (Å²) in [5.74, 6) is -1.60. The highest BCUT2D eigenvalue weighted by atomic mass is 32.1. The Balaban J connectivity index is 2.03. The molecule has 33 heavy (non-hydrogen) atoms. The molecule has 0 unspecified atom stereocenters. The average Bonchev–Trinajstić information content (AvgIpc) is 2.74. The van der Waals surface area contributed by atoms with Crippen LogP contribution in [0.25, 0.3) is 6.08 Å². The van der Waals surface area contributed by atoms with Crippen molar-refractivity contribution in [1.82, 2.24) is 10.2 Å². The van der Waals surface area contributed by atoms with Gasteiger partial charge in [0.25, 0.3) is 17.5 Å². The van der Waals surface area contributed by atoms with Crippen molar-refractivity contribution in [2.45, 2.75) is 6.18 Å². The molecule has 1 heterocycles. The van der Waals surface area contributed by atoms with Crippen LogP contribution in [0.1, 0.15) is 11.1 Å². The van der Waals surface area contributed by atoms with E-state index in [1.165, 1.54) is 12.1 Å². The molecule has 1 aliphatic heterocycles. The predicted molar refractivity (Wildman–Crippen MR) is 115 cm³/mol. The fourth-order valence-corrected chi connectivity index (χ4v) is 3.09. The molecule has 2 aromatic carbocycles. The normalized spacial score (nSPS) is 15.4. The van der Waals surface area contributed by atoms with Gasteiger partial charge < -0.3 is 4.74 Å². The fourth-order valence-electron chi connectivity index (χ4n) is 2.84. The van der Waals surface area contributed by atoms with E-state index in [-0.39, 0.29) is 40.0 Å². The summed E-state index contributed by atoms with van der Waals surface area (Å²) in [6.45, 7) is 3.53. The highest BCUT2D eigenvalue weighted by Gasteiger charge is 2.33. The third-order valence-electron chi connectivity index (χ3n) is 4.41. The van der Waals surface area contributed by atoms with E-state index in [0.717, 1.165) is 47.4 Å². The van der Waals surface area contributed by atoms with Crippen molar-refractivity contribution in [3.05, 3.63) is 81.9 Å². The van der Waals surface area contributed by atoms with Gasteiger partial charge in [0.05, 0.1) is 10.5 Å². The zero-order valence-electron chi connectivity index (χ0n) is 16.6. The first kappa shape index (κ1) is 23.6. The van der Waals surface area contributed by atoms with E-state index in [2.05, 4.69) is 11.9 Å². The molecule has 8 nitrogen and oxygen atoms in total. The Bertz CT molecular complexity index is 1190. The molecule has 0 aromatic heterocycles. The van der Waals surface area contributed by atoms with Crippen molar-refractivity contribution in [3.8, 4) is 11.5 Å². The lowest BCUT2D eigenvalue weighted by atomic mass is 10.1. The molecule has 3 rings (SSSR count). The number of non-ortho nitro benzene ring substituents is 1. The molecule has 170 valence electrons. The van der Waals surface area contributed by atoms with E-state index in [4.69, 9.17) is 17.0 Å². The Morgan fingerprint density at radius 3 is 2.42 bits per heavy atom. The Hall–Kier alpha value is -4.06. The zero-order chi connectivity index (χ0) is 24.3. The van der Waals surface area contributed by atoms with Crippen LogP contribution in [-0.4, -0.2) is 33.3 Å². The first-order chi connectivity index (χ1) is 15.5. The van der Waals surface area contributed by atoms with Gasteiger partial charge in [-0.3, -0.25) is 29.9 Å². The summed E-state index contributed by atoms with van der Waals surface area (Å²) in [4.78, 5) is 36.7. The molecular formula is C21H14F3N3O5S. The second-order valence-electron chi connectivity index (χ2n) is 6.63. The molecule has 0 bridgehead atoms. The van der Waals surface area contributed by atoms with Crippen LogP contribution in [0.4, 0.5) is 18.9 Å². The van der Waals surface area contributed by atoms with Gasteiger partial charge in [-0.1, -0.05) is 6.08 Å². The van der Waals surface area contributed by atoms with Gasteiger partial charge in [-0.15, -0.1) is 6.58 Å². The molecular weight excluding hydrogens is 463 g/mol. The number of amides is 2. The lowest BCUT2D eigenvalue weighted by Crippen LogP contribution is -2.53. The topological polar surface area (TPSA) is 102 Å². The summed E-state index contributed by atoms with van der Waals surface area (Å²) in [5.41, 5.74) is -1.63. The molecule has 0 radical (unpaired) electrons. The lowest BCUT2D eigenvalue weighted by Gasteiger charge is -2.27. The Morgan fingerprint density at radius 1 is 1.18 bits per heavy atom. The van der Waals surface area contributed by atoms with E-state index in [0.29, 0.717) is 0 Å². The van der Waals surface area contributed by atoms with Gasteiger partial charge in [0.1, 0.15) is 17.1 Å². The summed E-state index contributed by atoms with van der Waals surface area (Å²) in [5, 5.41) is 13.4. The molecule has 1 aliphatic rings. The van der Waals surface area contributed by atoms with Crippen molar-refractivity contribution in [3.63, 3.8) is 0 Å². The number of ether oxygens (including phenoxy) is 1. The van der Waals surface area contributed by atoms with Crippen molar-refractivity contribution in [2.75, 3.05) is 6.54 Å². The minimum atomic E-state index is -4.53. The van der Waals surface area contributed by atoms with Gasteiger partial charge in [-0.05, 0) is 48.6 Å². The SMILES string of the molecule is C=CCN1C(=O)/C(=C/c2cc([N+](=O)[O-])ccc2Oc2ccc(C(F)(F)F)cc2)C(=O)NC1=S. The van der Waals surface area contributed by atoms with E-state index in [1.807, 2.05) is 0 Å². The zero-order valence-corrected chi connectivity index (χ0v) is 17.4. The number of nitro benzene ring substituents is 1. The molecule has 0 spiro atoms. The van der Waals surface area contributed by atoms with Crippen molar-refractivity contribution in [2.24, 2.45) is 0 Å². The maximum Gasteiger partial charge on any atom is 0.416 e. The number of hydrogen-bond acceptors (Lipinski definition) is 6. The summed E-state index contributed by atoms with van der Waals surface area (Å²) in [7, 11) is 0. The smallest absolute Gasteiger partial charge is 0.416 e. The van der Waals surface area contributed by atoms with Gasteiger partial charge >= 0.3 is 6.18 Å². The third kappa shape index (κ3) is 5.23. The number of hydrogen-bond donors (Lipinski definition) is 1.